The molecular weight excluding hydrogens is 445 g/mol. The SMILES string of the molecule is CC(C)(C)OC(=O)NC(C)(C)C(=O)Nc1nc(-c2ccc(F)cc2)c(OC2CCCCC2)s1. The first-order valence-electron chi connectivity index (χ1n) is 11.2. The molecular formula is C24H32FN3O4S. The fourth-order valence-electron chi connectivity index (χ4n) is 3.43. The minimum absolute atomic E-state index is 0.0900. The molecule has 9 heteroatoms. The van der Waals surface area contributed by atoms with Crippen LogP contribution in [0.2, 0.25) is 0 Å². The van der Waals surface area contributed by atoms with Crippen LogP contribution in [0.15, 0.2) is 24.3 Å². The largest absolute Gasteiger partial charge is 0.479 e. The van der Waals surface area contributed by atoms with Crippen molar-refractivity contribution in [3.05, 3.63) is 30.1 Å². The van der Waals surface area contributed by atoms with Gasteiger partial charge >= 0.3 is 6.09 Å². The number of alkyl carbamates (subject to hydrolysis) is 1. The molecule has 0 radical (unpaired) electrons. The second-order valence-corrected chi connectivity index (χ2v) is 10.7. The van der Waals surface area contributed by atoms with E-state index in [1.807, 2.05) is 0 Å². The smallest absolute Gasteiger partial charge is 0.408 e. The van der Waals surface area contributed by atoms with Crippen LogP contribution in [0.1, 0.15) is 66.7 Å². The Morgan fingerprint density at radius 3 is 2.30 bits per heavy atom. The molecule has 0 bridgehead atoms. The molecule has 180 valence electrons. The van der Waals surface area contributed by atoms with Gasteiger partial charge in [-0.3, -0.25) is 10.1 Å². The molecule has 2 amide bonds. The van der Waals surface area contributed by atoms with Crippen molar-refractivity contribution >= 4 is 28.5 Å². The van der Waals surface area contributed by atoms with Crippen LogP contribution in [0.3, 0.4) is 0 Å². The van der Waals surface area contributed by atoms with Gasteiger partial charge in [-0.15, -0.1) is 0 Å². The summed E-state index contributed by atoms with van der Waals surface area (Å²) in [7, 11) is 0. The van der Waals surface area contributed by atoms with Crippen molar-refractivity contribution < 1.29 is 23.5 Å². The van der Waals surface area contributed by atoms with E-state index >= 15 is 0 Å². The Morgan fingerprint density at radius 2 is 1.70 bits per heavy atom. The fourth-order valence-corrected chi connectivity index (χ4v) is 4.33. The lowest BCUT2D eigenvalue weighted by Gasteiger charge is -2.27. The number of halogens is 1. The molecule has 1 heterocycles. The maximum absolute atomic E-state index is 13.4. The Balaban J connectivity index is 1.79. The van der Waals surface area contributed by atoms with E-state index in [1.54, 1.807) is 46.8 Å². The Bertz CT molecular complexity index is 977. The Hall–Kier alpha value is -2.68. The quantitative estimate of drug-likeness (QED) is 0.540. The highest BCUT2D eigenvalue weighted by Gasteiger charge is 2.33. The highest BCUT2D eigenvalue weighted by Crippen LogP contribution is 2.40. The predicted octanol–water partition coefficient (Wildman–Crippen LogP) is 5.90. The Labute approximate surface area is 198 Å². The maximum Gasteiger partial charge on any atom is 0.408 e. The van der Waals surface area contributed by atoms with Crippen LogP contribution in [-0.2, 0) is 9.53 Å². The van der Waals surface area contributed by atoms with Gasteiger partial charge in [0.25, 0.3) is 5.91 Å². The molecule has 33 heavy (non-hydrogen) atoms. The van der Waals surface area contributed by atoms with Crippen molar-refractivity contribution in [2.45, 2.75) is 84.0 Å². The van der Waals surface area contributed by atoms with Crippen molar-refractivity contribution in [2.75, 3.05) is 5.32 Å². The molecule has 1 aromatic heterocycles. The van der Waals surface area contributed by atoms with Crippen LogP contribution >= 0.6 is 11.3 Å². The molecule has 0 unspecified atom stereocenters. The number of rotatable bonds is 6. The van der Waals surface area contributed by atoms with Gasteiger partial charge in [0.05, 0.1) is 6.10 Å². The van der Waals surface area contributed by atoms with Crippen LogP contribution in [-0.4, -0.2) is 34.2 Å². The summed E-state index contributed by atoms with van der Waals surface area (Å²) in [5.74, 6) is -0.788. The molecule has 1 saturated carbocycles. The Kier molecular flexibility index (Phi) is 7.62. The van der Waals surface area contributed by atoms with E-state index in [0.717, 1.165) is 25.7 Å². The van der Waals surface area contributed by atoms with Crippen LogP contribution in [0, 0.1) is 5.82 Å². The van der Waals surface area contributed by atoms with Gasteiger partial charge in [-0.25, -0.2) is 14.2 Å². The topological polar surface area (TPSA) is 89.5 Å². The Morgan fingerprint density at radius 1 is 1.06 bits per heavy atom. The summed E-state index contributed by atoms with van der Waals surface area (Å²) in [5, 5.41) is 6.28. The molecule has 0 spiro atoms. The van der Waals surface area contributed by atoms with E-state index in [1.165, 1.54) is 29.9 Å². The molecule has 1 aliphatic carbocycles. The summed E-state index contributed by atoms with van der Waals surface area (Å²) in [4.78, 5) is 29.6. The first kappa shape index (κ1) is 25.0. The van der Waals surface area contributed by atoms with E-state index in [4.69, 9.17) is 9.47 Å². The third-order valence-corrected chi connectivity index (χ3v) is 6.00. The molecule has 1 fully saturated rings. The maximum atomic E-state index is 13.4. The second-order valence-electron chi connectivity index (χ2n) is 9.75. The minimum Gasteiger partial charge on any atom is -0.479 e. The summed E-state index contributed by atoms with van der Waals surface area (Å²) in [6.07, 6.45) is 4.77. The summed E-state index contributed by atoms with van der Waals surface area (Å²) in [6, 6.07) is 6.01. The molecule has 0 aliphatic heterocycles. The molecule has 1 aromatic carbocycles. The number of hydrogen-bond acceptors (Lipinski definition) is 6. The molecule has 2 aromatic rings. The van der Waals surface area contributed by atoms with Gasteiger partial charge in [-0.05, 0) is 84.6 Å². The lowest BCUT2D eigenvalue weighted by molar-refractivity contribution is -0.121. The first-order chi connectivity index (χ1) is 15.4. The summed E-state index contributed by atoms with van der Waals surface area (Å²) >= 11 is 1.22. The van der Waals surface area contributed by atoms with Crippen molar-refractivity contribution in [3.8, 4) is 16.3 Å². The normalized spacial score (nSPS) is 15.1. The number of carbonyl (C=O) groups excluding carboxylic acids is 2. The van der Waals surface area contributed by atoms with Crippen molar-refractivity contribution in [1.82, 2.24) is 10.3 Å². The number of thiazole rings is 1. The van der Waals surface area contributed by atoms with Gasteiger partial charge in [-0.1, -0.05) is 17.8 Å². The van der Waals surface area contributed by atoms with E-state index in [0.29, 0.717) is 21.5 Å². The molecule has 7 nitrogen and oxygen atoms in total. The highest BCUT2D eigenvalue weighted by atomic mass is 32.1. The zero-order chi connectivity index (χ0) is 24.2. The van der Waals surface area contributed by atoms with E-state index in [9.17, 15) is 14.0 Å². The minimum atomic E-state index is -1.24. The fraction of sp³-hybridized carbons (Fsp3) is 0.542. The first-order valence-corrected chi connectivity index (χ1v) is 12.0. The predicted molar refractivity (Wildman–Crippen MR) is 127 cm³/mol. The van der Waals surface area contributed by atoms with Crippen LogP contribution < -0.4 is 15.4 Å². The monoisotopic (exact) mass is 477 g/mol. The van der Waals surface area contributed by atoms with Gasteiger partial charge in [0.1, 0.15) is 22.7 Å². The summed E-state index contributed by atoms with van der Waals surface area (Å²) in [6.45, 7) is 8.42. The van der Waals surface area contributed by atoms with Gasteiger partial charge in [0.15, 0.2) is 5.13 Å². The third-order valence-electron chi connectivity index (χ3n) is 5.14. The van der Waals surface area contributed by atoms with E-state index < -0.39 is 23.1 Å². The zero-order valence-electron chi connectivity index (χ0n) is 19.8. The number of aromatic nitrogens is 1. The number of ether oxygens (including phenoxy) is 2. The molecule has 0 atom stereocenters. The number of benzene rings is 1. The van der Waals surface area contributed by atoms with Crippen LogP contribution in [0.4, 0.5) is 14.3 Å². The summed E-state index contributed by atoms with van der Waals surface area (Å²) < 4.78 is 25.0. The van der Waals surface area contributed by atoms with Gasteiger partial charge in [-0.2, -0.15) is 0 Å². The standard InChI is InChI=1S/C24H32FN3O4S/c1-23(2,3)32-22(30)28-24(4,5)20(29)27-21-26-18(15-11-13-16(25)14-12-15)19(33-21)31-17-9-7-6-8-10-17/h11-14,17H,6-10H2,1-5H3,(H,28,30)(H,26,27,29). The average Bonchev–Trinajstić information content (AvgIpc) is 3.09. The number of hydrogen-bond donors (Lipinski definition) is 2. The number of nitrogens with zero attached hydrogens (tertiary/aromatic N) is 1. The van der Waals surface area contributed by atoms with Crippen molar-refractivity contribution in [1.29, 1.82) is 0 Å². The highest BCUT2D eigenvalue weighted by molar-refractivity contribution is 7.18. The van der Waals surface area contributed by atoms with Crippen molar-refractivity contribution in [2.24, 2.45) is 0 Å². The average molecular weight is 478 g/mol. The van der Waals surface area contributed by atoms with Crippen LogP contribution in [0.5, 0.6) is 5.06 Å². The van der Waals surface area contributed by atoms with E-state index in [2.05, 4.69) is 15.6 Å². The lowest BCUT2D eigenvalue weighted by atomic mass is 9.98. The number of amides is 2. The summed E-state index contributed by atoms with van der Waals surface area (Å²) in [5.41, 5.74) is -0.667. The molecule has 0 saturated heterocycles. The second kappa shape index (κ2) is 10.1. The molecule has 3 rings (SSSR count). The zero-order valence-corrected chi connectivity index (χ0v) is 20.6. The van der Waals surface area contributed by atoms with Gasteiger partial charge in [0.2, 0.25) is 5.06 Å². The number of carbonyl (C=O) groups is 2. The third kappa shape index (κ3) is 7.15. The van der Waals surface area contributed by atoms with Gasteiger partial charge in [0, 0.05) is 5.56 Å². The van der Waals surface area contributed by atoms with E-state index in [-0.39, 0.29) is 11.9 Å². The van der Waals surface area contributed by atoms with Crippen molar-refractivity contribution in [3.63, 3.8) is 0 Å². The van der Waals surface area contributed by atoms with Gasteiger partial charge < -0.3 is 14.8 Å². The number of nitrogens with one attached hydrogen (secondary N) is 2. The lowest BCUT2D eigenvalue weighted by Crippen LogP contribution is -2.53. The number of anilines is 1. The molecule has 2 N–H and O–H groups in total. The van der Waals surface area contributed by atoms with Crippen LogP contribution in [0.25, 0.3) is 11.3 Å². The molecule has 1 aliphatic rings.